The van der Waals surface area contributed by atoms with Crippen LogP contribution in [0.15, 0.2) is 41.0 Å². The van der Waals surface area contributed by atoms with Crippen molar-refractivity contribution in [1.29, 1.82) is 0 Å². The zero-order chi connectivity index (χ0) is 13.4. The van der Waals surface area contributed by atoms with E-state index in [2.05, 4.69) is 57.2 Å². The zero-order valence-corrected chi connectivity index (χ0v) is 12.5. The van der Waals surface area contributed by atoms with Crippen LogP contribution in [0.5, 0.6) is 0 Å². The van der Waals surface area contributed by atoms with Gasteiger partial charge in [-0.15, -0.1) is 0 Å². The molecule has 3 aromatic rings. The average molecular weight is 316 g/mol. The van der Waals surface area contributed by atoms with E-state index < -0.39 is 0 Å². The molecule has 0 aliphatic rings. The Balaban J connectivity index is 2.08. The van der Waals surface area contributed by atoms with Crippen molar-refractivity contribution in [3.05, 3.63) is 58.0 Å². The van der Waals surface area contributed by atoms with Crippen LogP contribution in [0.25, 0.3) is 10.9 Å². The molecule has 19 heavy (non-hydrogen) atoms. The fraction of sp³-hybridized carbons (Fsp3) is 0.200. The summed E-state index contributed by atoms with van der Waals surface area (Å²) in [5, 5.41) is 5.72. The van der Waals surface area contributed by atoms with Crippen molar-refractivity contribution < 1.29 is 0 Å². The van der Waals surface area contributed by atoms with Crippen molar-refractivity contribution in [2.45, 2.75) is 20.4 Å². The summed E-state index contributed by atoms with van der Waals surface area (Å²) in [6.45, 7) is 4.82. The summed E-state index contributed by atoms with van der Waals surface area (Å²) in [5.41, 5.74) is 4.40. The topological polar surface area (TPSA) is 30.7 Å². The molecule has 3 rings (SSSR count). The number of fused-ring (bicyclic) bond motifs is 1. The van der Waals surface area contributed by atoms with E-state index in [1.807, 2.05) is 23.9 Å². The molecule has 2 heterocycles. The summed E-state index contributed by atoms with van der Waals surface area (Å²) in [5.74, 6) is 0. The van der Waals surface area contributed by atoms with E-state index >= 15 is 0 Å². The lowest BCUT2D eigenvalue weighted by Gasteiger charge is -2.07. The van der Waals surface area contributed by atoms with E-state index in [9.17, 15) is 0 Å². The SMILES string of the molecule is Cc1nn(Cc2cccc3cccnc23)c(C)c1Br. The minimum Gasteiger partial charge on any atom is -0.264 e. The number of benzene rings is 1. The third kappa shape index (κ3) is 2.16. The van der Waals surface area contributed by atoms with E-state index in [1.54, 1.807) is 0 Å². The molecule has 0 amide bonds. The fourth-order valence-electron chi connectivity index (χ4n) is 2.29. The van der Waals surface area contributed by atoms with Gasteiger partial charge >= 0.3 is 0 Å². The summed E-state index contributed by atoms with van der Waals surface area (Å²) in [6.07, 6.45) is 1.84. The minimum absolute atomic E-state index is 0.743. The van der Waals surface area contributed by atoms with Gasteiger partial charge < -0.3 is 0 Å². The highest BCUT2D eigenvalue weighted by Crippen LogP contribution is 2.22. The molecule has 96 valence electrons. The number of halogens is 1. The molecule has 0 aliphatic carbocycles. The van der Waals surface area contributed by atoms with Crippen LogP contribution in [0, 0.1) is 13.8 Å². The second-order valence-corrected chi connectivity index (χ2v) is 5.43. The van der Waals surface area contributed by atoms with Crippen LogP contribution in [0.4, 0.5) is 0 Å². The van der Waals surface area contributed by atoms with Crippen LogP contribution in [0.3, 0.4) is 0 Å². The highest BCUT2D eigenvalue weighted by Gasteiger charge is 2.10. The monoisotopic (exact) mass is 315 g/mol. The van der Waals surface area contributed by atoms with E-state index in [-0.39, 0.29) is 0 Å². The van der Waals surface area contributed by atoms with Crippen LogP contribution >= 0.6 is 15.9 Å². The van der Waals surface area contributed by atoms with E-state index in [0.29, 0.717) is 0 Å². The van der Waals surface area contributed by atoms with Crippen molar-refractivity contribution in [2.75, 3.05) is 0 Å². The average Bonchev–Trinajstić information content (AvgIpc) is 2.67. The second kappa shape index (κ2) is 4.78. The quantitative estimate of drug-likeness (QED) is 0.719. The van der Waals surface area contributed by atoms with Gasteiger partial charge in [0.25, 0.3) is 0 Å². The lowest BCUT2D eigenvalue weighted by molar-refractivity contribution is 0.661. The van der Waals surface area contributed by atoms with E-state index in [0.717, 1.165) is 27.9 Å². The van der Waals surface area contributed by atoms with Crippen molar-refractivity contribution in [3.8, 4) is 0 Å². The molecule has 1 aromatic carbocycles. The maximum absolute atomic E-state index is 4.55. The molecular weight excluding hydrogens is 302 g/mol. The molecule has 0 spiro atoms. The third-order valence-electron chi connectivity index (χ3n) is 3.33. The maximum atomic E-state index is 4.55. The summed E-state index contributed by atoms with van der Waals surface area (Å²) >= 11 is 3.56. The number of aryl methyl sites for hydroxylation is 1. The first kappa shape index (κ1) is 12.4. The number of hydrogen-bond donors (Lipinski definition) is 0. The smallest absolute Gasteiger partial charge is 0.0752 e. The molecule has 0 saturated heterocycles. The highest BCUT2D eigenvalue weighted by molar-refractivity contribution is 9.10. The first-order valence-corrected chi connectivity index (χ1v) is 6.98. The molecule has 0 fully saturated rings. The van der Waals surface area contributed by atoms with Crippen molar-refractivity contribution >= 4 is 26.8 Å². The van der Waals surface area contributed by atoms with Gasteiger partial charge in [-0.25, -0.2) is 0 Å². The van der Waals surface area contributed by atoms with Gasteiger partial charge in [-0.1, -0.05) is 24.3 Å². The summed E-state index contributed by atoms with van der Waals surface area (Å²) < 4.78 is 3.10. The standard InChI is InChI=1S/C15H14BrN3/c1-10-14(16)11(2)19(18-10)9-13-6-3-5-12-7-4-8-17-15(12)13/h3-8H,9H2,1-2H3. The van der Waals surface area contributed by atoms with Gasteiger partial charge in [0.15, 0.2) is 0 Å². The first-order valence-electron chi connectivity index (χ1n) is 6.19. The molecule has 4 heteroatoms. The Labute approximate surface area is 120 Å². The molecule has 2 aromatic heterocycles. The molecule has 0 bridgehead atoms. The maximum Gasteiger partial charge on any atom is 0.0752 e. The number of aromatic nitrogens is 3. The third-order valence-corrected chi connectivity index (χ3v) is 4.48. The largest absolute Gasteiger partial charge is 0.264 e. The second-order valence-electron chi connectivity index (χ2n) is 4.63. The lowest BCUT2D eigenvalue weighted by Crippen LogP contribution is -2.05. The molecule has 0 N–H and O–H groups in total. The van der Waals surface area contributed by atoms with Crippen LogP contribution in [-0.2, 0) is 6.54 Å². The van der Waals surface area contributed by atoms with E-state index in [4.69, 9.17) is 0 Å². The molecular formula is C15H14BrN3. The number of pyridine rings is 1. The molecule has 0 aliphatic heterocycles. The van der Waals surface area contributed by atoms with Gasteiger partial charge in [0.1, 0.15) is 0 Å². The Hall–Kier alpha value is -1.68. The molecule has 0 radical (unpaired) electrons. The fourth-order valence-corrected chi connectivity index (χ4v) is 2.57. The van der Waals surface area contributed by atoms with Crippen LogP contribution in [0.1, 0.15) is 17.0 Å². The number of rotatable bonds is 2. The first-order chi connectivity index (χ1) is 9.16. The van der Waals surface area contributed by atoms with E-state index in [1.165, 1.54) is 10.9 Å². The molecule has 0 unspecified atom stereocenters. The lowest BCUT2D eigenvalue weighted by atomic mass is 10.1. The number of para-hydroxylation sites is 1. The Morgan fingerprint density at radius 3 is 2.68 bits per heavy atom. The normalized spacial score (nSPS) is 11.1. The summed E-state index contributed by atoms with van der Waals surface area (Å²) in [6, 6.07) is 10.3. The van der Waals surface area contributed by atoms with Crippen molar-refractivity contribution in [1.82, 2.24) is 14.8 Å². The predicted molar refractivity (Wildman–Crippen MR) is 80.2 cm³/mol. The van der Waals surface area contributed by atoms with Crippen LogP contribution in [0.2, 0.25) is 0 Å². The van der Waals surface area contributed by atoms with Crippen molar-refractivity contribution in [2.24, 2.45) is 0 Å². The molecule has 0 atom stereocenters. The zero-order valence-electron chi connectivity index (χ0n) is 10.9. The van der Waals surface area contributed by atoms with Crippen LogP contribution < -0.4 is 0 Å². The Bertz CT molecular complexity index is 741. The number of nitrogens with zero attached hydrogens (tertiary/aromatic N) is 3. The predicted octanol–water partition coefficient (Wildman–Crippen LogP) is 3.86. The van der Waals surface area contributed by atoms with Crippen LogP contribution in [-0.4, -0.2) is 14.8 Å². The van der Waals surface area contributed by atoms with Crippen molar-refractivity contribution in [3.63, 3.8) is 0 Å². The minimum atomic E-state index is 0.743. The number of hydrogen-bond acceptors (Lipinski definition) is 2. The molecule has 3 nitrogen and oxygen atoms in total. The Kier molecular flexibility index (Phi) is 3.11. The highest BCUT2D eigenvalue weighted by atomic mass is 79.9. The van der Waals surface area contributed by atoms with Gasteiger partial charge in [0, 0.05) is 11.6 Å². The van der Waals surface area contributed by atoms with Gasteiger partial charge in [-0.05, 0) is 41.4 Å². The van der Waals surface area contributed by atoms with Gasteiger partial charge in [-0.2, -0.15) is 5.10 Å². The van der Waals surface area contributed by atoms with Gasteiger partial charge in [0.2, 0.25) is 0 Å². The van der Waals surface area contributed by atoms with Gasteiger partial charge in [0.05, 0.1) is 27.9 Å². The Morgan fingerprint density at radius 1 is 1.16 bits per heavy atom. The molecule has 0 saturated carbocycles. The Morgan fingerprint density at radius 2 is 1.95 bits per heavy atom. The van der Waals surface area contributed by atoms with Gasteiger partial charge in [-0.3, -0.25) is 9.67 Å². The summed E-state index contributed by atoms with van der Waals surface area (Å²) in [7, 11) is 0. The summed E-state index contributed by atoms with van der Waals surface area (Å²) in [4.78, 5) is 4.48.